The number of hydrogen-bond donors (Lipinski definition) is 4. The number of para-hydroxylation sites is 2. The lowest BCUT2D eigenvalue weighted by Crippen LogP contribution is -2.55. The summed E-state index contributed by atoms with van der Waals surface area (Å²) in [5, 5.41) is 10.9. The molecular formula is C33H38N6O5. The molecule has 1 aromatic heterocycles. The molecule has 2 aliphatic rings. The zero-order chi connectivity index (χ0) is 30.9. The summed E-state index contributed by atoms with van der Waals surface area (Å²) in [6.07, 6.45) is 7.31. The van der Waals surface area contributed by atoms with Gasteiger partial charge in [-0.3, -0.25) is 29.0 Å². The lowest BCUT2D eigenvalue weighted by molar-refractivity contribution is -0.141. The van der Waals surface area contributed by atoms with E-state index in [0.29, 0.717) is 30.4 Å². The number of carbonyl (C=O) groups is 5. The number of benzene rings is 2. The summed E-state index contributed by atoms with van der Waals surface area (Å²) in [6, 6.07) is 14.1. The molecule has 5 rings (SSSR count). The summed E-state index contributed by atoms with van der Waals surface area (Å²) in [6.45, 7) is 0.606. The molecule has 230 valence electrons. The summed E-state index contributed by atoms with van der Waals surface area (Å²) in [5.74, 6) is -3.35. The highest BCUT2D eigenvalue weighted by molar-refractivity contribution is 6.38. The largest absolute Gasteiger partial charge is 0.356 e. The summed E-state index contributed by atoms with van der Waals surface area (Å²) in [4.78, 5) is 74.6. The van der Waals surface area contributed by atoms with Gasteiger partial charge < -0.3 is 21.3 Å². The molecule has 3 aromatic rings. The Labute approximate surface area is 256 Å². The maximum absolute atomic E-state index is 13.8. The molecule has 11 heteroatoms. The molecule has 1 saturated carbocycles. The maximum atomic E-state index is 13.8. The second kappa shape index (κ2) is 14.7. The first-order valence-electron chi connectivity index (χ1n) is 15.3. The first kappa shape index (κ1) is 30.8. The Hall–Kier alpha value is -4.67. The first-order valence-corrected chi connectivity index (χ1v) is 15.3. The predicted octanol–water partition coefficient (Wildman–Crippen LogP) is 2.60. The Balaban J connectivity index is 1.33. The van der Waals surface area contributed by atoms with Crippen LogP contribution in [0.15, 0.2) is 60.8 Å². The molecule has 2 fully saturated rings. The molecule has 11 nitrogen and oxygen atoms in total. The fourth-order valence-electron chi connectivity index (χ4n) is 5.97. The quantitative estimate of drug-likeness (QED) is 0.233. The van der Waals surface area contributed by atoms with Gasteiger partial charge in [0.1, 0.15) is 11.7 Å². The fraction of sp³-hybridized carbons (Fsp3) is 0.424. The minimum Gasteiger partial charge on any atom is -0.356 e. The van der Waals surface area contributed by atoms with Crippen molar-refractivity contribution in [1.82, 2.24) is 31.2 Å². The molecule has 1 saturated heterocycles. The lowest BCUT2D eigenvalue weighted by Gasteiger charge is -2.28. The molecule has 1 aliphatic heterocycles. The third-order valence-corrected chi connectivity index (χ3v) is 8.43. The average Bonchev–Trinajstić information content (AvgIpc) is 3.46. The number of ketones is 1. The molecule has 0 radical (unpaired) electrons. The van der Waals surface area contributed by atoms with Crippen LogP contribution in [0.1, 0.15) is 67.4 Å². The molecule has 4 N–H and O–H groups in total. The Morgan fingerprint density at radius 1 is 0.841 bits per heavy atom. The standard InChI is InChI=1S/C33H38N6O5/c40-29(33(44)36-19-22-11-5-2-6-12-22)26(18-23-15-16-34-30(23)41)38-31(42)27(17-21-9-3-1-4-10-21)39-32(43)28-20-35-24-13-7-8-14-25(24)37-28/h2,5-8,11-14,20-21,23,26-27H,1,3-4,9-10,15-19H2,(H,34,41)(H,36,44)(H,38,42)(H,39,43)/t23-,26?,27-/m0/s1. The van der Waals surface area contributed by atoms with Crippen LogP contribution < -0.4 is 21.3 Å². The number of carbonyl (C=O) groups excluding carboxylic acids is 5. The highest BCUT2D eigenvalue weighted by atomic mass is 16.2. The highest BCUT2D eigenvalue weighted by Crippen LogP contribution is 2.28. The molecule has 4 amide bonds. The van der Waals surface area contributed by atoms with Crippen molar-refractivity contribution in [1.29, 1.82) is 0 Å². The van der Waals surface area contributed by atoms with Gasteiger partial charge in [0.15, 0.2) is 0 Å². The molecule has 2 heterocycles. The average molecular weight is 599 g/mol. The smallest absolute Gasteiger partial charge is 0.289 e. The van der Waals surface area contributed by atoms with Crippen molar-refractivity contribution in [2.45, 2.75) is 70.0 Å². The van der Waals surface area contributed by atoms with Crippen molar-refractivity contribution in [3.05, 3.63) is 72.1 Å². The van der Waals surface area contributed by atoms with Crippen LogP contribution in [0.5, 0.6) is 0 Å². The summed E-state index contributed by atoms with van der Waals surface area (Å²) in [7, 11) is 0. The van der Waals surface area contributed by atoms with E-state index >= 15 is 0 Å². The summed E-state index contributed by atoms with van der Waals surface area (Å²) in [5.41, 5.74) is 2.08. The van der Waals surface area contributed by atoms with Gasteiger partial charge in [0.2, 0.25) is 17.6 Å². The molecule has 44 heavy (non-hydrogen) atoms. The Morgan fingerprint density at radius 2 is 1.57 bits per heavy atom. The number of rotatable bonds is 12. The van der Waals surface area contributed by atoms with Crippen molar-refractivity contribution in [2.24, 2.45) is 11.8 Å². The van der Waals surface area contributed by atoms with Gasteiger partial charge in [0, 0.05) is 19.0 Å². The monoisotopic (exact) mass is 598 g/mol. The molecule has 1 unspecified atom stereocenters. The summed E-state index contributed by atoms with van der Waals surface area (Å²) < 4.78 is 0. The normalized spacial score (nSPS) is 18.2. The second-order valence-corrected chi connectivity index (χ2v) is 11.6. The van der Waals surface area contributed by atoms with Gasteiger partial charge in [-0.05, 0) is 42.9 Å². The predicted molar refractivity (Wildman–Crippen MR) is 163 cm³/mol. The van der Waals surface area contributed by atoms with Gasteiger partial charge in [-0.25, -0.2) is 4.98 Å². The number of amides is 4. The maximum Gasteiger partial charge on any atom is 0.289 e. The van der Waals surface area contributed by atoms with Crippen LogP contribution in [0.4, 0.5) is 0 Å². The molecule has 3 atom stereocenters. The SMILES string of the molecule is O=C(NCc1ccccc1)C(=O)C(C[C@@H]1CCNC1=O)NC(=O)[C@H](CC1CCCCC1)NC(=O)c1cnc2ccccc2n1. The Kier molecular flexibility index (Phi) is 10.3. The fourth-order valence-corrected chi connectivity index (χ4v) is 5.97. The number of Topliss-reactive ketones (excluding diaryl/α,β-unsaturated/α-hetero) is 1. The van der Waals surface area contributed by atoms with Gasteiger partial charge in [-0.15, -0.1) is 0 Å². The Bertz CT molecular complexity index is 1510. The van der Waals surface area contributed by atoms with E-state index in [1.165, 1.54) is 6.20 Å². The summed E-state index contributed by atoms with van der Waals surface area (Å²) >= 11 is 0. The minimum atomic E-state index is -1.24. The highest BCUT2D eigenvalue weighted by Gasteiger charge is 2.36. The number of nitrogens with one attached hydrogen (secondary N) is 4. The molecule has 2 aromatic carbocycles. The topological polar surface area (TPSA) is 159 Å². The van der Waals surface area contributed by atoms with E-state index in [9.17, 15) is 24.0 Å². The number of aromatic nitrogens is 2. The third kappa shape index (κ3) is 8.03. The third-order valence-electron chi connectivity index (χ3n) is 8.43. The second-order valence-electron chi connectivity index (χ2n) is 11.6. The van der Waals surface area contributed by atoms with E-state index in [4.69, 9.17) is 0 Å². The van der Waals surface area contributed by atoms with E-state index < -0.39 is 41.5 Å². The van der Waals surface area contributed by atoms with Crippen LogP contribution in [-0.4, -0.2) is 58.0 Å². The molecular weight excluding hydrogens is 560 g/mol. The Morgan fingerprint density at radius 3 is 2.30 bits per heavy atom. The van der Waals surface area contributed by atoms with Crippen LogP contribution in [0.2, 0.25) is 0 Å². The van der Waals surface area contributed by atoms with Crippen LogP contribution in [0.25, 0.3) is 11.0 Å². The molecule has 0 spiro atoms. The van der Waals surface area contributed by atoms with E-state index in [2.05, 4.69) is 31.2 Å². The van der Waals surface area contributed by atoms with Gasteiger partial charge in [0.05, 0.1) is 23.3 Å². The minimum absolute atomic E-state index is 0.0184. The number of fused-ring (bicyclic) bond motifs is 1. The van der Waals surface area contributed by atoms with E-state index in [1.807, 2.05) is 36.4 Å². The number of hydrogen-bond acceptors (Lipinski definition) is 7. The van der Waals surface area contributed by atoms with Crippen LogP contribution in [0.3, 0.4) is 0 Å². The van der Waals surface area contributed by atoms with Crippen LogP contribution in [-0.2, 0) is 25.7 Å². The lowest BCUT2D eigenvalue weighted by atomic mass is 9.84. The first-order chi connectivity index (χ1) is 21.4. The van der Waals surface area contributed by atoms with Crippen LogP contribution in [0, 0.1) is 11.8 Å². The van der Waals surface area contributed by atoms with Crippen LogP contribution >= 0.6 is 0 Å². The van der Waals surface area contributed by atoms with Gasteiger partial charge >= 0.3 is 0 Å². The van der Waals surface area contributed by atoms with E-state index in [0.717, 1.165) is 37.7 Å². The van der Waals surface area contributed by atoms with Crippen molar-refractivity contribution in [3.8, 4) is 0 Å². The van der Waals surface area contributed by atoms with Crippen molar-refractivity contribution in [3.63, 3.8) is 0 Å². The molecule has 0 bridgehead atoms. The van der Waals surface area contributed by atoms with Gasteiger partial charge in [0.25, 0.3) is 11.8 Å². The van der Waals surface area contributed by atoms with E-state index in [-0.39, 0.29) is 30.5 Å². The van der Waals surface area contributed by atoms with Gasteiger partial charge in [-0.2, -0.15) is 0 Å². The zero-order valence-corrected chi connectivity index (χ0v) is 24.6. The van der Waals surface area contributed by atoms with Crippen molar-refractivity contribution < 1.29 is 24.0 Å². The van der Waals surface area contributed by atoms with Crippen molar-refractivity contribution in [2.75, 3.05) is 6.54 Å². The zero-order valence-electron chi connectivity index (χ0n) is 24.6. The van der Waals surface area contributed by atoms with E-state index in [1.54, 1.807) is 18.2 Å². The van der Waals surface area contributed by atoms with Gasteiger partial charge in [-0.1, -0.05) is 74.6 Å². The van der Waals surface area contributed by atoms with Crippen molar-refractivity contribution >= 4 is 40.4 Å². The number of nitrogens with zero attached hydrogens (tertiary/aromatic N) is 2. The molecule has 1 aliphatic carbocycles.